The summed E-state index contributed by atoms with van der Waals surface area (Å²) < 4.78 is 25.0. The third-order valence-electron chi connectivity index (χ3n) is 1.73. The van der Waals surface area contributed by atoms with E-state index in [1.807, 2.05) is 0 Å². The molecule has 0 aromatic heterocycles. The lowest BCUT2D eigenvalue weighted by Gasteiger charge is -2.11. The number of hydrogen-bond acceptors (Lipinski definition) is 2. The zero-order valence-corrected chi connectivity index (χ0v) is 6.05. The zero-order chi connectivity index (χ0) is 8.65. The van der Waals surface area contributed by atoms with Crippen molar-refractivity contribution in [1.29, 1.82) is 0 Å². The fraction of sp³-hybridized carbons (Fsp3) is 0.833. The van der Waals surface area contributed by atoms with Crippen molar-refractivity contribution >= 4 is 5.91 Å². The Morgan fingerprint density at radius 3 is 2.45 bits per heavy atom. The van der Waals surface area contributed by atoms with E-state index in [4.69, 9.17) is 5.11 Å². The van der Waals surface area contributed by atoms with Crippen LogP contribution in [0.25, 0.3) is 0 Å². The molecule has 1 saturated heterocycles. The Balaban J connectivity index is 2.64. The Bertz CT molecular complexity index is 183. The molecule has 0 radical (unpaired) electrons. The molecule has 1 fully saturated rings. The van der Waals surface area contributed by atoms with E-state index in [1.54, 1.807) is 0 Å². The number of carbonyl (C=O) groups is 1. The molecule has 1 aliphatic heterocycles. The highest BCUT2D eigenvalue weighted by Crippen LogP contribution is 2.27. The molecule has 64 valence electrons. The number of β-amino-alcohol motifs (C(OH)–C–C–N with tert-alkyl or cyclic N) is 1. The van der Waals surface area contributed by atoms with Gasteiger partial charge in [0.15, 0.2) is 0 Å². The van der Waals surface area contributed by atoms with Gasteiger partial charge < -0.3 is 10.0 Å². The molecule has 0 aromatic rings. The van der Waals surface area contributed by atoms with Crippen LogP contribution in [0.5, 0.6) is 0 Å². The molecule has 1 rings (SSSR count). The van der Waals surface area contributed by atoms with Crippen LogP contribution in [0.1, 0.15) is 6.92 Å². The van der Waals surface area contributed by atoms with Crippen molar-refractivity contribution in [3.8, 4) is 0 Å². The molecule has 1 aliphatic rings. The van der Waals surface area contributed by atoms with Gasteiger partial charge in [-0.15, -0.1) is 0 Å². The number of likely N-dealkylation sites (tertiary alicyclic amines) is 1. The van der Waals surface area contributed by atoms with Crippen molar-refractivity contribution in [2.75, 3.05) is 13.1 Å². The second-order valence-corrected chi connectivity index (χ2v) is 2.68. The molecular weight excluding hydrogens is 156 g/mol. The minimum atomic E-state index is -3.13. The molecule has 11 heavy (non-hydrogen) atoms. The van der Waals surface area contributed by atoms with Gasteiger partial charge in [0, 0.05) is 6.92 Å². The van der Waals surface area contributed by atoms with Gasteiger partial charge in [0.05, 0.1) is 13.1 Å². The van der Waals surface area contributed by atoms with Crippen LogP contribution in [-0.4, -0.2) is 41.0 Å². The van der Waals surface area contributed by atoms with Crippen molar-refractivity contribution in [3.63, 3.8) is 0 Å². The standard InChI is InChI=1S/C6H9F2NO2/c1-4(10)9-2-5(11)6(7,8)3-9/h5,11H,2-3H2,1H3. The third kappa shape index (κ3) is 1.48. The number of nitrogens with zero attached hydrogens (tertiary/aromatic N) is 1. The highest BCUT2D eigenvalue weighted by molar-refractivity contribution is 5.73. The molecule has 1 unspecified atom stereocenters. The third-order valence-corrected chi connectivity index (χ3v) is 1.73. The number of rotatable bonds is 0. The summed E-state index contributed by atoms with van der Waals surface area (Å²) in [6.45, 7) is 0.278. The Morgan fingerprint density at radius 2 is 2.27 bits per heavy atom. The lowest BCUT2D eigenvalue weighted by molar-refractivity contribution is -0.129. The van der Waals surface area contributed by atoms with E-state index >= 15 is 0 Å². The number of hydrogen-bond donors (Lipinski definition) is 1. The zero-order valence-electron chi connectivity index (χ0n) is 6.05. The molecule has 1 amide bonds. The maximum absolute atomic E-state index is 12.5. The predicted molar refractivity (Wildman–Crippen MR) is 33.2 cm³/mol. The van der Waals surface area contributed by atoms with Crippen LogP contribution in [-0.2, 0) is 4.79 Å². The van der Waals surface area contributed by atoms with Gasteiger partial charge in [-0.2, -0.15) is 0 Å². The fourth-order valence-electron chi connectivity index (χ4n) is 1.01. The first-order valence-electron chi connectivity index (χ1n) is 3.25. The second-order valence-electron chi connectivity index (χ2n) is 2.68. The number of aliphatic hydroxyl groups excluding tert-OH is 1. The van der Waals surface area contributed by atoms with Crippen LogP contribution in [0.15, 0.2) is 0 Å². The molecule has 5 heteroatoms. The van der Waals surface area contributed by atoms with Gasteiger partial charge in [0.1, 0.15) is 6.10 Å². The number of aliphatic hydroxyl groups is 1. The summed E-state index contributed by atoms with van der Waals surface area (Å²) in [6.07, 6.45) is -1.70. The molecule has 1 atom stereocenters. The van der Waals surface area contributed by atoms with E-state index in [-0.39, 0.29) is 6.54 Å². The van der Waals surface area contributed by atoms with E-state index in [2.05, 4.69) is 0 Å². The number of amides is 1. The van der Waals surface area contributed by atoms with Gasteiger partial charge >= 0.3 is 0 Å². The van der Waals surface area contributed by atoms with Crippen LogP contribution < -0.4 is 0 Å². The first kappa shape index (κ1) is 8.39. The summed E-state index contributed by atoms with van der Waals surface area (Å²) >= 11 is 0. The van der Waals surface area contributed by atoms with Crippen molar-refractivity contribution in [3.05, 3.63) is 0 Å². The van der Waals surface area contributed by atoms with Crippen molar-refractivity contribution in [1.82, 2.24) is 4.90 Å². The van der Waals surface area contributed by atoms with E-state index in [9.17, 15) is 13.6 Å². The highest BCUT2D eigenvalue weighted by Gasteiger charge is 2.47. The maximum atomic E-state index is 12.5. The minimum absolute atomic E-state index is 0.262. The van der Waals surface area contributed by atoms with Crippen molar-refractivity contribution in [2.45, 2.75) is 19.0 Å². The molecular formula is C6H9F2NO2. The average Bonchev–Trinajstić information content (AvgIpc) is 2.08. The Morgan fingerprint density at radius 1 is 1.73 bits per heavy atom. The smallest absolute Gasteiger partial charge is 0.292 e. The molecule has 0 aliphatic carbocycles. The lowest BCUT2D eigenvalue weighted by atomic mass is 10.2. The lowest BCUT2D eigenvalue weighted by Crippen LogP contribution is -2.31. The summed E-state index contributed by atoms with van der Waals surface area (Å²) in [5.74, 6) is -3.56. The van der Waals surface area contributed by atoms with Gasteiger partial charge in [-0.25, -0.2) is 8.78 Å². The quantitative estimate of drug-likeness (QED) is 0.542. The first-order chi connectivity index (χ1) is 4.93. The molecule has 0 aromatic carbocycles. The maximum Gasteiger partial charge on any atom is 0.292 e. The number of halogens is 2. The second kappa shape index (κ2) is 2.41. The average molecular weight is 165 g/mol. The van der Waals surface area contributed by atoms with Gasteiger partial charge in [-0.05, 0) is 0 Å². The van der Waals surface area contributed by atoms with E-state index in [0.29, 0.717) is 0 Å². The molecule has 3 nitrogen and oxygen atoms in total. The monoisotopic (exact) mass is 165 g/mol. The van der Waals surface area contributed by atoms with Crippen LogP contribution in [0.4, 0.5) is 8.78 Å². The number of alkyl halides is 2. The molecule has 1 N–H and O–H groups in total. The normalized spacial score (nSPS) is 29.1. The molecule has 0 spiro atoms. The minimum Gasteiger partial charge on any atom is -0.385 e. The largest absolute Gasteiger partial charge is 0.385 e. The summed E-state index contributed by atoms with van der Waals surface area (Å²) in [5.41, 5.74) is 0. The van der Waals surface area contributed by atoms with E-state index in [1.165, 1.54) is 6.92 Å². The van der Waals surface area contributed by atoms with Crippen molar-refractivity contribution in [2.24, 2.45) is 0 Å². The fourth-order valence-corrected chi connectivity index (χ4v) is 1.01. The predicted octanol–water partition coefficient (Wildman–Crippen LogP) is -0.155. The molecule has 0 saturated carbocycles. The molecule has 1 heterocycles. The topological polar surface area (TPSA) is 40.5 Å². The first-order valence-corrected chi connectivity index (χ1v) is 3.25. The van der Waals surface area contributed by atoms with Crippen LogP contribution >= 0.6 is 0 Å². The van der Waals surface area contributed by atoms with Crippen LogP contribution in [0.3, 0.4) is 0 Å². The van der Waals surface area contributed by atoms with E-state index < -0.39 is 24.5 Å². The Hall–Kier alpha value is -0.710. The summed E-state index contributed by atoms with van der Waals surface area (Å²) in [4.78, 5) is 11.5. The Kier molecular flexibility index (Phi) is 1.83. The summed E-state index contributed by atoms with van der Waals surface area (Å²) in [5, 5.41) is 8.73. The van der Waals surface area contributed by atoms with Gasteiger partial charge in [0.2, 0.25) is 5.91 Å². The van der Waals surface area contributed by atoms with Crippen LogP contribution in [0.2, 0.25) is 0 Å². The van der Waals surface area contributed by atoms with Gasteiger partial charge in [-0.3, -0.25) is 4.79 Å². The van der Waals surface area contributed by atoms with Crippen molar-refractivity contribution < 1.29 is 18.7 Å². The van der Waals surface area contributed by atoms with Gasteiger partial charge in [-0.1, -0.05) is 0 Å². The Labute approximate surface area is 62.6 Å². The summed E-state index contributed by atoms with van der Waals surface area (Å²) in [6, 6.07) is 0. The SMILES string of the molecule is CC(=O)N1CC(O)C(F)(F)C1. The van der Waals surface area contributed by atoms with Gasteiger partial charge in [0.25, 0.3) is 5.92 Å². The number of carbonyl (C=O) groups excluding carboxylic acids is 1. The highest BCUT2D eigenvalue weighted by atomic mass is 19.3. The van der Waals surface area contributed by atoms with E-state index in [0.717, 1.165) is 4.90 Å². The summed E-state index contributed by atoms with van der Waals surface area (Å²) in [7, 11) is 0. The van der Waals surface area contributed by atoms with Crippen LogP contribution in [0, 0.1) is 0 Å². The molecule has 0 bridgehead atoms.